The summed E-state index contributed by atoms with van der Waals surface area (Å²) >= 11 is 9.72. The molecular formula is C15H14ClNOS2. The summed E-state index contributed by atoms with van der Waals surface area (Å²) in [4.78, 5) is 1.27. The maximum absolute atomic E-state index is 6.14. The first-order chi connectivity index (χ1) is 9.72. The molecule has 0 radical (unpaired) electrons. The van der Waals surface area contributed by atoms with E-state index in [1.807, 2.05) is 25.2 Å². The van der Waals surface area contributed by atoms with Crippen LogP contribution in [0, 0.1) is 0 Å². The number of fused-ring (bicyclic) bond motifs is 1. The molecule has 0 aliphatic heterocycles. The van der Waals surface area contributed by atoms with Crippen molar-refractivity contribution in [3.05, 3.63) is 51.2 Å². The van der Waals surface area contributed by atoms with Crippen molar-refractivity contribution in [2.45, 2.75) is 6.04 Å². The summed E-state index contributed by atoms with van der Waals surface area (Å²) in [5.41, 5.74) is 1.07. The second-order valence-corrected chi connectivity index (χ2v) is 6.91. The molecule has 0 bridgehead atoms. The molecule has 5 heteroatoms. The lowest BCUT2D eigenvalue weighted by Crippen LogP contribution is -2.17. The highest BCUT2D eigenvalue weighted by Gasteiger charge is 2.19. The minimum atomic E-state index is 0.0910. The number of thiophene rings is 2. The van der Waals surface area contributed by atoms with Crippen LogP contribution in [0.15, 0.2) is 35.7 Å². The van der Waals surface area contributed by atoms with Gasteiger partial charge < -0.3 is 10.1 Å². The quantitative estimate of drug-likeness (QED) is 0.734. The molecule has 2 nitrogen and oxygen atoms in total. The Labute approximate surface area is 131 Å². The lowest BCUT2D eigenvalue weighted by atomic mass is 10.0. The second kappa shape index (κ2) is 5.74. The molecule has 0 amide bonds. The molecule has 2 heterocycles. The van der Waals surface area contributed by atoms with E-state index in [1.165, 1.54) is 14.3 Å². The number of hydrogen-bond donors (Lipinski definition) is 1. The van der Waals surface area contributed by atoms with Crippen LogP contribution in [0.5, 0.6) is 5.75 Å². The SMILES string of the molecule is CNC(c1cc2sccc2s1)c1cc(Cl)ccc1OC. The maximum Gasteiger partial charge on any atom is 0.124 e. The lowest BCUT2D eigenvalue weighted by molar-refractivity contribution is 0.406. The predicted molar refractivity (Wildman–Crippen MR) is 88.6 cm³/mol. The topological polar surface area (TPSA) is 21.3 Å². The normalized spacial score (nSPS) is 12.8. The summed E-state index contributed by atoms with van der Waals surface area (Å²) in [7, 11) is 3.64. The number of hydrogen-bond acceptors (Lipinski definition) is 4. The zero-order chi connectivity index (χ0) is 14.1. The Morgan fingerprint density at radius 1 is 1.20 bits per heavy atom. The third-order valence-corrected chi connectivity index (χ3v) is 5.63. The lowest BCUT2D eigenvalue weighted by Gasteiger charge is -2.18. The highest BCUT2D eigenvalue weighted by molar-refractivity contribution is 7.27. The van der Waals surface area contributed by atoms with Crippen LogP contribution >= 0.6 is 34.3 Å². The average molecular weight is 324 g/mol. The molecular weight excluding hydrogens is 310 g/mol. The van der Waals surface area contributed by atoms with Gasteiger partial charge in [-0.1, -0.05) is 11.6 Å². The van der Waals surface area contributed by atoms with E-state index >= 15 is 0 Å². The standard InChI is InChI=1S/C15H14ClNOS2/c1-17-15(10-7-9(16)3-4-11(10)18-2)14-8-13-12(20-14)5-6-19-13/h3-8,15,17H,1-2H3. The minimum Gasteiger partial charge on any atom is -0.496 e. The molecule has 0 fully saturated rings. The van der Waals surface area contributed by atoms with Crippen LogP contribution in [0.4, 0.5) is 0 Å². The number of rotatable bonds is 4. The number of nitrogens with one attached hydrogen (secondary N) is 1. The molecule has 1 aromatic carbocycles. The molecule has 0 aliphatic carbocycles. The third kappa shape index (κ3) is 2.44. The number of ether oxygens (including phenoxy) is 1. The molecule has 1 atom stereocenters. The van der Waals surface area contributed by atoms with Gasteiger partial charge in [0.2, 0.25) is 0 Å². The molecule has 0 spiro atoms. The first kappa shape index (κ1) is 13.9. The Morgan fingerprint density at radius 3 is 2.75 bits per heavy atom. The molecule has 104 valence electrons. The van der Waals surface area contributed by atoms with Crippen LogP contribution in [0.2, 0.25) is 5.02 Å². The smallest absolute Gasteiger partial charge is 0.124 e. The van der Waals surface area contributed by atoms with Gasteiger partial charge in [-0.25, -0.2) is 0 Å². The van der Waals surface area contributed by atoms with E-state index in [9.17, 15) is 0 Å². The molecule has 1 N–H and O–H groups in total. The number of benzene rings is 1. The summed E-state index contributed by atoms with van der Waals surface area (Å²) in [6.07, 6.45) is 0. The van der Waals surface area contributed by atoms with Crippen LogP contribution in [0.25, 0.3) is 9.40 Å². The molecule has 1 unspecified atom stereocenters. The van der Waals surface area contributed by atoms with Crippen LogP contribution in [0.3, 0.4) is 0 Å². The van der Waals surface area contributed by atoms with E-state index in [0.717, 1.165) is 16.3 Å². The van der Waals surface area contributed by atoms with Gasteiger partial charge in [0.15, 0.2) is 0 Å². The van der Waals surface area contributed by atoms with Crippen molar-refractivity contribution in [1.82, 2.24) is 5.32 Å². The van der Waals surface area contributed by atoms with E-state index in [2.05, 4.69) is 22.8 Å². The Balaban J connectivity index is 2.09. The average Bonchev–Trinajstić information content (AvgIpc) is 3.01. The fraction of sp³-hybridized carbons (Fsp3) is 0.200. The summed E-state index contributed by atoms with van der Waals surface area (Å²) in [6, 6.07) is 10.2. The van der Waals surface area contributed by atoms with Crippen molar-refractivity contribution in [1.29, 1.82) is 0 Å². The Morgan fingerprint density at radius 2 is 2.05 bits per heavy atom. The molecule has 3 rings (SSSR count). The van der Waals surface area contributed by atoms with Gasteiger partial charge in [0.1, 0.15) is 5.75 Å². The van der Waals surface area contributed by atoms with Crippen molar-refractivity contribution >= 4 is 43.7 Å². The monoisotopic (exact) mass is 323 g/mol. The van der Waals surface area contributed by atoms with Crippen LogP contribution in [-0.4, -0.2) is 14.2 Å². The third-order valence-electron chi connectivity index (χ3n) is 3.23. The fourth-order valence-electron chi connectivity index (χ4n) is 2.31. The summed E-state index contributed by atoms with van der Waals surface area (Å²) < 4.78 is 8.12. The van der Waals surface area contributed by atoms with Gasteiger partial charge in [-0.05, 0) is 42.8 Å². The van der Waals surface area contributed by atoms with E-state index < -0.39 is 0 Å². The summed E-state index contributed by atoms with van der Waals surface area (Å²) in [5.74, 6) is 0.852. The van der Waals surface area contributed by atoms with Crippen molar-refractivity contribution in [2.75, 3.05) is 14.2 Å². The van der Waals surface area contributed by atoms with Crippen LogP contribution in [0.1, 0.15) is 16.5 Å². The van der Waals surface area contributed by atoms with Gasteiger partial charge in [-0.2, -0.15) is 0 Å². The fourth-order valence-corrected chi connectivity index (χ4v) is 4.74. The van der Waals surface area contributed by atoms with Crippen molar-refractivity contribution < 1.29 is 4.74 Å². The van der Waals surface area contributed by atoms with Crippen LogP contribution in [-0.2, 0) is 0 Å². The Bertz CT molecular complexity index is 706. The summed E-state index contributed by atoms with van der Waals surface area (Å²) in [6.45, 7) is 0. The molecule has 0 saturated heterocycles. The van der Waals surface area contributed by atoms with Gasteiger partial charge in [-0.15, -0.1) is 22.7 Å². The molecule has 2 aromatic heterocycles. The van der Waals surface area contributed by atoms with Gasteiger partial charge >= 0.3 is 0 Å². The van der Waals surface area contributed by atoms with Gasteiger partial charge in [-0.3, -0.25) is 0 Å². The molecule has 3 aromatic rings. The number of methoxy groups -OCH3 is 1. The van der Waals surface area contributed by atoms with E-state index in [-0.39, 0.29) is 6.04 Å². The van der Waals surface area contributed by atoms with E-state index in [4.69, 9.17) is 16.3 Å². The highest BCUT2D eigenvalue weighted by Crippen LogP contribution is 2.38. The first-order valence-corrected chi connectivity index (χ1v) is 8.28. The maximum atomic E-state index is 6.14. The second-order valence-electron chi connectivity index (χ2n) is 4.41. The first-order valence-electron chi connectivity index (χ1n) is 6.20. The summed E-state index contributed by atoms with van der Waals surface area (Å²) in [5, 5.41) is 6.21. The Hall–Kier alpha value is -1.07. The number of halogens is 1. The zero-order valence-corrected chi connectivity index (χ0v) is 13.5. The highest BCUT2D eigenvalue weighted by atomic mass is 35.5. The van der Waals surface area contributed by atoms with Crippen molar-refractivity contribution in [2.24, 2.45) is 0 Å². The van der Waals surface area contributed by atoms with E-state index in [0.29, 0.717) is 0 Å². The van der Waals surface area contributed by atoms with E-state index in [1.54, 1.807) is 29.8 Å². The van der Waals surface area contributed by atoms with Gasteiger partial charge in [0.05, 0.1) is 13.2 Å². The molecule has 0 saturated carbocycles. The van der Waals surface area contributed by atoms with Gasteiger partial charge in [0.25, 0.3) is 0 Å². The zero-order valence-electron chi connectivity index (χ0n) is 11.1. The Kier molecular flexibility index (Phi) is 3.98. The molecule has 20 heavy (non-hydrogen) atoms. The van der Waals surface area contributed by atoms with Gasteiger partial charge in [0, 0.05) is 24.9 Å². The van der Waals surface area contributed by atoms with Crippen LogP contribution < -0.4 is 10.1 Å². The minimum absolute atomic E-state index is 0.0910. The van der Waals surface area contributed by atoms with Crippen molar-refractivity contribution in [3.8, 4) is 5.75 Å². The largest absolute Gasteiger partial charge is 0.496 e. The molecule has 0 aliphatic rings. The predicted octanol–water partition coefficient (Wildman–Crippen LogP) is 4.93. The van der Waals surface area contributed by atoms with Crippen molar-refractivity contribution in [3.63, 3.8) is 0 Å².